The third-order valence-electron chi connectivity index (χ3n) is 3.50. The van der Waals surface area contributed by atoms with Gasteiger partial charge in [0, 0.05) is 6.42 Å². The summed E-state index contributed by atoms with van der Waals surface area (Å²) in [5, 5.41) is 1.08. The van der Waals surface area contributed by atoms with Crippen molar-refractivity contribution in [1.82, 2.24) is 0 Å². The van der Waals surface area contributed by atoms with Gasteiger partial charge in [-0.15, -0.1) is 0 Å². The van der Waals surface area contributed by atoms with Crippen LogP contribution < -0.4 is 0 Å². The average Bonchev–Trinajstić information content (AvgIpc) is 2.49. The number of ether oxygens (including phenoxy) is 1. The first kappa shape index (κ1) is 18.8. The molecule has 0 saturated heterocycles. The fraction of sp³-hybridized carbons (Fsp3) is 0.350. The van der Waals surface area contributed by atoms with Gasteiger partial charge in [0.2, 0.25) is 0 Å². The zero-order valence-electron chi connectivity index (χ0n) is 14.2. The van der Waals surface area contributed by atoms with Crippen molar-refractivity contribution in [2.75, 3.05) is 0 Å². The predicted molar refractivity (Wildman–Crippen MR) is 101 cm³/mol. The van der Waals surface area contributed by atoms with Gasteiger partial charge in [-0.25, -0.2) is 0 Å². The summed E-state index contributed by atoms with van der Waals surface area (Å²) in [4.78, 5) is 11.8. The van der Waals surface area contributed by atoms with E-state index in [9.17, 15) is 4.79 Å². The third-order valence-corrected chi connectivity index (χ3v) is 4.23. The largest absolute Gasteiger partial charge is 0.460 e. The molecule has 0 radical (unpaired) electrons. The zero-order chi connectivity index (χ0) is 17.7. The molecule has 0 unspecified atom stereocenters. The molecule has 0 aliphatic heterocycles. The van der Waals surface area contributed by atoms with Gasteiger partial charge in [0.25, 0.3) is 0 Å². The first-order chi connectivity index (χ1) is 11.3. The summed E-state index contributed by atoms with van der Waals surface area (Å²) < 4.78 is 5.35. The Bertz CT molecular complexity index is 718. The molecule has 2 aromatic rings. The molecule has 24 heavy (non-hydrogen) atoms. The third kappa shape index (κ3) is 5.54. The van der Waals surface area contributed by atoms with Crippen LogP contribution in [0.25, 0.3) is 11.1 Å². The van der Waals surface area contributed by atoms with Crippen molar-refractivity contribution in [3.8, 4) is 11.1 Å². The van der Waals surface area contributed by atoms with E-state index in [2.05, 4.69) is 12.1 Å². The Hall–Kier alpha value is -1.51. The van der Waals surface area contributed by atoms with Gasteiger partial charge in [0.15, 0.2) is 0 Å². The van der Waals surface area contributed by atoms with Crippen LogP contribution in [0.15, 0.2) is 42.5 Å². The van der Waals surface area contributed by atoms with Gasteiger partial charge >= 0.3 is 5.97 Å². The predicted octanol–water partition coefficient (Wildman–Crippen LogP) is 6.32. The molecule has 0 aromatic heterocycles. The highest BCUT2D eigenvalue weighted by Gasteiger charge is 2.16. The standard InChI is InChI=1S/C20H22Cl2O2/c1-20(2,3)24-19(23)10-6-8-14-7-4-5-9-16(14)15-11-12-17(21)18(22)13-15/h4-5,7,9,11-13H,6,8,10H2,1-3H3. The van der Waals surface area contributed by atoms with Gasteiger partial charge in [0.05, 0.1) is 10.0 Å². The van der Waals surface area contributed by atoms with Crippen LogP contribution in [0.1, 0.15) is 39.2 Å². The molecule has 0 aliphatic rings. The molecule has 128 valence electrons. The molecular weight excluding hydrogens is 343 g/mol. The molecule has 0 saturated carbocycles. The minimum Gasteiger partial charge on any atom is -0.460 e. The fourth-order valence-electron chi connectivity index (χ4n) is 2.50. The molecule has 0 fully saturated rings. The monoisotopic (exact) mass is 364 g/mol. The molecule has 0 aliphatic carbocycles. The van der Waals surface area contributed by atoms with E-state index >= 15 is 0 Å². The molecule has 0 atom stereocenters. The molecular formula is C20H22Cl2O2. The average molecular weight is 365 g/mol. The van der Waals surface area contributed by atoms with Crippen LogP contribution in [0.4, 0.5) is 0 Å². The van der Waals surface area contributed by atoms with Crippen LogP contribution in [0.3, 0.4) is 0 Å². The van der Waals surface area contributed by atoms with Crippen molar-refractivity contribution in [2.24, 2.45) is 0 Å². The molecule has 2 rings (SSSR count). The zero-order valence-corrected chi connectivity index (χ0v) is 15.7. The van der Waals surface area contributed by atoms with Crippen LogP contribution in [0.2, 0.25) is 10.0 Å². The minimum atomic E-state index is -0.435. The fourth-order valence-corrected chi connectivity index (χ4v) is 2.80. The van der Waals surface area contributed by atoms with Gasteiger partial charge in [-0.05, 0) is 62.4 Å². The van der Waals surface area contributed by atoms with Gasteiger partial charge < -0.3 is 4.74 Å². The molecule has 0 N–H and O–H groups in total. The van der Waals surface area contributed by atoms with Gasteiger partial charge in [-0.2, -0.15) is 0 Å². The highest BCUT2D eigenvalue weighted by Crippen LogP contribution is 2.31. The Kier molecular flexibility index (Phi) is 6.31. The highest BCUT2D eigenvalue weighted by molar-refractivity contribution is 6.42. The number of rotatable bonds is 5. The molecule has 0 amide bonds. The van der Waals surface area contributed by atoms with E-state index in [0.717, 1.165) is 24.0 Å². The van der Waals surface area contributed by atoms with Crippen LogP contribution in [-0.4, -0.2) is 11.6 Å². The van der Waals surface area contributed by atoms with Crippen LogP contribution in [-0.2, 0) is 16.0 Å². The molecule has 2 aromatic carbocycles. The molecule has 0 heterocycles. The highest BCUT2D eigenvalue weighted by atomic mass is 35.5. The molecule has 4 heteroatoms. The second-order valence-electron chi connectivity index (χ2n) is 6.73. The Morgan fingerprint density at radius 3 is 2.42 bits per heavy atom. The Morgan fingerprint density at radius 1 is 1.04 bits per heavy atom. The van der Waals surface area contributed by atoms with Gasteiger partial charge in [-0.3, -0.25) is 4.79 Å². The molecule has 0 spiro atoms. The van der Waals surface area contributed by atoms with Crippen LogP contribution >= 0.6 is 23.2 Å². The number of hydrogen-bond acceptors (Lipinski definition) is 2. The topological polar surface area (TPSA) is 26.3 Å². The number of carbonyl (C=O) groups is 1. The van der Waals surface area contributed by atoms with Crippen LogP contribution in [0.5, 0.6) is 0 Å². The van der Waals surface area contributed by atoms with Crippen LogP contribution in [0, 0.1) is 0 Å². The summed E-state index contributed by atoms with van der Waals surface area (Å²) in [6.07, 6.45) is 1.95. The van der Waals surface area contributed by atoms with Gasteiger partial charge in [0.1, 0.15) is 5.60 Å². The van der Waals surface area contributed by atoms with Crippen molar-refractivity contribution in [3.63, 3.8) is 0 Å². The smallest absolute Gasteiger partial charge is 0.306 e. The quantitative estimate of drug-likeness (QED) is 0.579. The van der Waals surface area contributed by atoms with E-state index < -0.39 is 5.60 Å². The first-order valence-electron chi connectivity index (χ1n) is 8.01. The van der Waals surface area contributed by atoms with E-state index in [1.54, 1.807) is 6.07 Å². The number of hydrogen-bond donors (Lipinski definition) is 0. The lowest BCUT2D eigenvalue weighted by Crippen LogP contribution is -2.23. The number of carbonyl (C=O) groups excluding carboxylic acids is 1. The number of aryl methyl sites for hydroxylation is 1. The van der Waals surface area contributed by atoms with E-state index in [1.165, 1.54) is 5.56 Å². The summed E-state index contributed by atoms with van der Waals surface area (Å²) >= 11 is 12.1. The Labute approximate surface area is 153 Å². The maximum absolute atomic E-state index is 11.8. The normalized spacial score (nSPS) is 11.4. The van der Waals surface area contributed by atoms with Crippen molar-refractivity contribution < 1.29 is 9.53 Å². The van der Waals surface area contributed by atoms with Crippen molar-refractivity contribution >= 4 is 29.2 Å². The first-order valence-corrected chi connectivity index (χ1v) is 8.77. The number of halogens is 2. The maximum atomic E-state index is 11.8. The van der Waals surface area contributed by atoms with E-state index in [4.69, 9.17) is 27.9 Å². The van der Waals surface area contributed by atoms with E-state index in [0.29, 0.717) is 16.5 Å². The lowest BCUT2D eigenvalue weighted by molar-refractivity contribution is -0.154. The summed E-state index contributed by atoms with van der Waals surface area (Å²) in [5.41, 5.74) is 2.88. The maximum Gasteiger partial charge on any atom is 0.306 e. The van der Waals surface area contributed by atoms with Crippen molar-refractivity contribution in [3.05, 3.63) is 58.1 Å². The Balaban J connectivity index is 2.07. The number of benzene rings is 2. The van der Waals surface area contributed by atoms with Crippen molar-refractivity contribution in [1.29, 1.82) is 0 Å². The summed E-state index contributed by atoms with van der Waals surface area (Å²) in [5.74, 6) is -0.158. The molecule has 2 nitrogen and oxygen atoms in total. The minimum absolute atomic E-state index is 0.158. The van der Waals surface area contributed by atoms with E-state index in [1.807, 2.05) is 45.0 Å². The summed E-state index contributed by atoms with van der Waals surface area (Å²) in [6.45, 7) is 5.64. The van der Waals surface area contributed by atoms with Gasteiger partial charge in [-0.1, -0.05) is 53.5 Å². The number of esters is 1. The Morgan fingerprint density at radius 2 is 1.75 bits per heavy atom. The summed E-state index contributed by atoms with van der Waals surface area (Å²) in [7, 11) is 0. The second-order valence-corrected chi connectivity index (χ2v) is 7.54. The lowest BCUT2D eigenvalue weighted by Gasteiger charge is -2.19. The second kappa shape index (κ2) is 8.04. The summed E-state index contributed by atoms with van der Waals surface area (Å²) in [6, 6.07) is 13.8. The van der Waals surface area contributed by atoms with Crippen molar-refractivity contribution in [2.45, 2.75) is 45.6 Å². The molecule has 0 bridgehead atoms. The van der Waals surface area contributed by atoms with E-state index in [-0.39, 0.29) is 5.97 Å². The lowest BCUT2D eigenvalue weighted by atomic mass is 9.96. The SMILES string of the molecule is CC(C)(C)OC(=O)CCCc1ccccc1-c1ccc(Cl)c(Cl)c1.